The monoisotopic (exact) mass is 286 g/mol. The van der Waals surface area contributed by atoms with Gasteiger partial charge in [0.2, 0.25) is 5.78 Å². The molecule has 2 rings (SSSR count). The third-order valence-corrected chi connectivity index (χ3v) is 3.31. The van der Waals surface area contributed by atoms with Crippen LogP contribution in [0.4, 0.5) is 13.2 Å². The summed E-state index contributed by atoms with van der Waals surface area (Å²) in [7, 11) is 0. The van der Waals surface area contributed by atoms with Crippen LogP contribution in [-0.2, 0) is 0 Å². The molecule has 0 aliphatic carbocycles. The molecule has 0 saturated heterocycles. The molecule has 0 unspecified atom stereocenters. The Bertz CT molecular complexity index is 585. The van der Waals surface area contributed by atoms with E-state index < -0.39 is 6.36 Å². The minimum atomic E-state index is -4.73. The first-order valence-corrected chi connectivity index (χ1v) is 6.14. The number of benzene rings is 1. The van der Waals surface area contributed by atoms with Gasteiger partial charge in [0.1, 0.15) is 5.75 Å². The first-order chi connectivity index (χ1) is 8.85. The summed E-state index contributed by atoms with van der Waals surface area (Å²) >= 11 is 1.34. The molecule has 2 nitrogen and oxygen atoms in total. The molecule has 0 aliphatic heterocycles. The fourth-order valence-corrected chi connectivity index (χ4v) is 2.34. The third-order valence-electron chi connectivity index (χ3n) is 2.31. The zero-order valence-corrected chi connectivity index (χ0v) is 10.6. The van der Waals surface area contributed by atoms with E-state index in [0.29, 0.717) is 10.4 Å². The summed E-state index contributed by atoms with van der Waals surface area (Å²) in [6.07, 6.45) is -4.73. The smallest absolute Gasteiger partial charge is 0.406 e. The molecule has 1 aromatic carbocycles. The maximum absolute atomic E-state index is 12.0. The van der Waals surface area contributed by atoms with E-state index in [4.69, 9.17) is 0 Å². The van der Waals surface area contributed by atoms with Crippen molar-refractivity contribution in [2.45, 2.75) is 13.3 Å². The molecule has 0 amide bonds. The van der Waals surface area contributed by atoms with Gasteiger partial charge >= 0.3 is 6.36 Å². The highest BCUT2D eigenvalue weighted by atomic mass is 32.1. The standard InChI is InChI=1S/C13H9F3O2S/c1-8-2-7-11(19-8)12(17)9-3-5-10(6-4-9)18-13(14,15)16/h2-7H,1H3. The van der Waals surface area contributed by atoms with Crippen molar-refractivity contribution in [2.24, 2.45) is 0 Å². The van der Waals surface area contributed by atoms with Crippen molar-refractivity contribution in [2.75, 3.05) is 0 Å². The van der Waals surface area contributed by atoms with Crippen LogP contribution in [0.5, 0.6) is 5.75 Å². The van der Waals surface area contributed by atoms with Gasteiger partial charge in [-0.3, -0.25) is 4.79 Å². The molecule has 0 aliphatic rings. The van der Waals surface area contributed by atoms with Gasteiger partial charge in [-0.1, -0.05) is 0 Å². The Morgan fingerprint density at radius 2 is 1.74 bits per heavy atom. The number of carbonyl (C=O) groups is 1. The predicted octanol–water partition coefficient (Wildman–Crippen LogP) is 4.19. The number of alkyl halides is 3. The van der Waals surface area contributed by atoms with Crippen LogP contribution in [0.1, 0.15) is 20.1 Å². The largest absolute Gasteiger partial charge is 0.573 e. The molecule has 0 bridgehead atoms. The second-order valence-corrected chi connectivity index (χ2v) is 5.10. The fourth-order valence-electron chi connectivity index (χ4n) is 1.51. The molecule has 0 saturated carbocycles. The van der Waals surface area contributed by atoms with E-state index >= 15 is 0 Å². The summed E-state index contributed by atoms with van der Waals surface area (Å²) in [5.41, 5.74) is 0.330. The second kappa shape index (κ2) is 5.05. The average Bonchev–Trinajstić information content (AvgIpc) is 2.74. The van der Waals surface area contributed by atoms with E-state index in [1.807, 2.05) is 13.0 Å². The molecule has 0 N–H and O–H groups in total. The van der Waals surface area contributed by atoms with Gasteiger partial charge in [0.25, 0.3) is 0 Å². The Labute approximate surface area is 111 Å². The van der Waals surface area contributed by atoms with E-state index in [1.54, 1.807) is 6.07 Å². The highest BCUT2D eigenvalue weighted by Gasteiger charge is 2.31. The Morgan fingerprint density at radius 1 is 1.11 bits per heavy atom. The number of hydrogen-bond acceptors (Lipinski definition) is 3. The van der Waals surface area contributed by atoms with Gasteiger partial charge in [0.15, 0.2) is 0 Å². The van der Waals surface area contributed by atoms with E-state index in [0.717, 1.165) is 17.0 Å². The number of rotatable bonds is 3. The second-order valence-electron chi connectivity index (χ2n) is 3.81. The van der Waals surface area contributed by atoms with Crippen LogP contribution in [0, 0.1) is 6.92 Å². The van der Waals surface area contributed by atoms with Gasteiger partial charge in [-0.05, 0) is 43.3 Å². The lowest BCUT2D eigenvalue weighted by molar-refractivity contribution is -0.274. The van der Waals surface area contributed by atoms with E-state index in [2.05, 4.69) is 4.74 Å². The van der Waals surface area contributed by atoms with Crippen molar-refractivity contribution in [3.05, 3.63) is 51.7 Å². The van der Waals surface area contributed by atoms with Crippen molar-refractivity contribution >= 4 is 17.1 Å². The molecule has 1 aromatic heterocycles. The number of hydrogen-bond donors (Lipinski definition) is 0. The van der Waals surface area contributed by atoms with E-state index in [-0.39, 0.29) is 11.5 Å². The highest BCUT2D eigenvalue weighted by molar-refractivity contribution is 7.14. The SMILES string of the molecule is Cc1ccc(C(=O)c2ccc(OC(F)(F)F)cc2)s1. The molecule has 6 heteroatoms. The van der Waals surface area contributed by atoms with Crippen molar-refractivity contribution in [3.63, 3.8) is 0 Å². The van der Waals surface area contributed by atoms with Gasteiger partial charge in [-0.25, -0.2) is 0 Å². The van der Waals surface area contributed by atoms with Crippen LogP contribution < -0.4 is 4.74 Å². The van der Waals surface area contributed by atoms with Crippen molar-refractivity contribution in [3.8, 4) is 5.75 Å². The number of ether oxygens (including phenoxy) is 1. The maximum Gasteiger partial charge on any atom is 0.573 e. The molecular weight excluding hydrogens is 277 g/mol. The molecule has 19 heavy (non-hydrogen) atoms. The van der Waals surface area contributed by atoms with Crippen molar-refractivity contribution < 1.29 is 22.7 Å². The summed E-state index contributed by atoms with van der Waals surface area (Å²) in [6, 6.07) is 8.40. The normalized spacial score (nSPS) is 11.4. The number of carbonyl (C=O) groups excluding carboxylic acids is 1. The van der Waals surface area contributed by atoms with Crippen LogP contribution in [0.25, 0.3) is 0 Å². The van der Waals surface area contributed by atoms with Gasteiger partial charge < -0.3 is 4.74 Å². The zero-order valence-electron chi connectivity index (χ0n) is 9.82. The highest BCUT2D eigenvalue weighted by Crippen LogP contribution is 2.24. The molecule has 100 valence electrons. The molecule has 0 fully saturated rings. The Balaban J connectivity index is 2.16. The number of thiophene rings is 1. The molecule has 2 aromatic rings. The number of aryl methyl sites for hydroxylation is 1. The quantitative estimate of drug-likeness (QED) is 0.791. The van der Waals surface area contributed by atoms with Crippen LogP contribution in [-0.4, -0.2) is 12.1 Å². The lowest BCUT2D eigenvalue weighted by Crippen LogP contribution is -2.17. The molecule has 0 atom stereocenters. The Kier molecular flexibility index (Phi) is 3.61. The minimum absolute atomic E-state index is 0.211. The fraction of sp³-hybridized carbons (Fsp3) is 0.154. The molecule has 0 spiro atoms. The van der Waals surface area contributed by atoms with Gasteiger partial charge in [0, 0.05) is 10.4 Å². The minimum Gasteiger partial charge on any atom is -0.406 e. The van der Waals surface area contributed by atoms with Gasteiger partial charge in [-0.15, -0.1) is 24.5 Å². The zero-order chi connectivity index (χ0) is 14.0. The van der Waals surface area contributed by atoms with Gasteiger partial charge in [-0.2, -0.15) is 0 Å². The van der Waals surface area contributed by atoms with Crippen molar-refractivity contribution in [1.29, 1.82) is 0 Å². The maximum atomic E-state index is 12.0. The number of ketones is 1. The van der Waals surface area contributed by atoms with E-state index in [1.165, 1.54) is 23.5 Å². The van der Waals surface area contributed by atoms with E-state index in [9.17, 15) is 18.0 Å². The van der Waals surface area contributed by atoms with Gasteiger partial charge in [0.05, 0.1) is 4.88 Å². The summed E-state index contributed by atoms with van der Waals surface area (Å²) < 4.78 is 39.7. The molecule has 1 heterocycles. The topological polar surface area (TPSA) is 26.3 Å². The first kappa shape index (κ1) is 13.6. The lowest BCUT2D eigenvalue weighted by Gasteiger charge is -2.08. The average molecular weight is 286 g/mol. The van der Waals surface area contributed by atoms with Crippen LogP contribution in [0.3, 0.4) is 0 Å². The summed E-state index contributed by atoms with van der Waals surface area (Å²) in [5, 5.41) is 0. The van der Waals surface area contributed by atoms with Crippen LogP contribution in [0.15, 0.2) is 36.4 Å². The molecular formula is C13H9F3O2S. The number of halogens is 3. The summed E-state index contributed by atoms with van der Waals surface area (Å²) in [6.45, 7) is 1.88. The summed E-state index contributed by atoms with van der Waals surface area (Å²) in [5.74, 6) is -0.553. The molecule has 0 radical (unpaired) electrons. The van der Waals surface area contributed by atoms with Crippen LogP contribution in [0.2, 0.25) is 0 Å². The third kappa shape index (κ3) is 3.57. The van der Waals surface area contributed by atoms with Crippen LogP contribution >= 0.6 is 11.3 Å². The Hall–Kier alpha value is -1.82. The first-order valence-electron chi connectivity index (χ1n) is 5.32. The predicted molar refractivity (Wildman–Crippen MR) is 65.6 cm³/mol. The van der Waals surface area contributed by atoms with Crippen molar-refractivity contribution in [1.82, 2.24) is 0 Å². The Morgan fingerprint density at radius 3 is 2.21 bits per heavy atom. The lowest BCUT2D eigenvalue weighted by atomic mass is 10.1. The summed E-state index contributed by atoms with van der Waals surface area (Å²) in [4.78, 5) is 13.6.